The number of hydrogen-bond donors (Lipinski definition) is 2. The highest BCUT2D eigenvalue weighted by molar-refractivity contribution is 7.22. The number of benzene rings is 1. The maximum Gasteiger partial charge on any atom is 0.410 e. The molecular formula is C22H24N4O4S2. The van der Waals surface area contributed by atoms with Gasteiger partial charge in [0, 0.05) is 23.9 Å². The number of hydrogen-bond acceptors (Lipinski definition) is 7. The molecule has 0 bridgehead atoms. The van der Waals surface area contributed by atoms with Gasteiger partial charge < -0.3 is 9.64 Å². The molecule has 3 amide bonds. The number of ether oxygens (including phenoxy) is 1. The van der Waals surface area contributed by atoms with E-state index >= 15 is 0 Å². The van der Waals surface area contributed by atoms with Gasteiger partial charge in [-0.25, -0.2) is 9.78 Å². The zero-order valence-corrected chi connectivity index (χ0v) is 19.9. The van der Waals surface area contributed by atoms with Crippen molar-refractivity contribution < 1.29 is 19.1 Å². The van der Waals surface area contributed by atoms with Gasteiger partial charge in [-0.1, -0.05) is 12.1 Å². The maximum absolute atomic E-state index is 12.9. The fourth-order valence-electron chi connectivity index (χ4n) is 3.45. The molecule has 2 N–H and O–H groups in total. The van der Waals surface area contributed by atoms with Crippen molar-refractivity contribution in [3.8, 4) is 10.6 Å². The molecule has 168 valence electrons. The van der Waals surface area contributed by atoms with Gasteiger partial charge >= 0.3 is 6.09 Å². The number of thiazole rings is 1. The Hall–Kier alpha value is -2.98. The van der Waals surface area contributed by atoms with Crippen LogP contribution in [0.2, 0.25) is 0 Å². The molecule has 4 rings (SSSR count). The minimum Gasteiger partial charge on any atom is -0.444 e. The van der Waals surface area contributed by atoms with E-state index in [2.05, 4.69) is 10.9 Å². The van der Waals surface area contributed by atoms with Crippen molar-refractivity contribution in [2.45, 2.75) is 46.3 Å². The van der Waals surface area contributed by atoms with Crippen LogP contribution in [0.4, 0.5) is 4.79 Å². The van der Waals surface area contributed by atoms with E-state index in [1.54, 1.807) is 4.90 Å². The van der Waals surface area contributed by atoms with Gasteiger partial charge in [0.2, 0.25) is 5.91 Å². The first-order valence-corrected chi connectivity index (χ1v) is 11.8. The van der Waals surface area contributed by atoms with Crippen molar-refractivity contribution >= 4 is 50.8 Å². The summed E-state index contributed by atoms with van der Waals surface area (Å²) in [6.07, 6.45) is 0.214. The van der Waals surface area contributed by atoms with Crippen molar-refractivity contribution in [2.75, 3.05) is 6.54 Å². The lowest BCUT2D eigenvalue weighted by atomic mass is 10.0. The van der Waals surface area contributed by atoms with E-state index in [-0.39, 0.29) is 12.0 Å². The van der Waals surface area contributed by atoms with Crippen LogP contribution >= 0.6 is 22.7 Å². The van der Waals surface area contributed by atoms with Gasteiger partial charge in [-0.3, -0.25) is 20.4 Å². The van der Waals surface area contributed by atoms with Crippen LogP contribution in [0.25, 0.3) is 20.8 Å². The molecule has 0 aliphatic carbocycles. The van der Waals surface area contributed by atoms with Gasteiger partial charge in [-0.05, 0) is 44.9 Å². The van der Waals surface area contributed by atoms with Gasteiger partial charge in [0.25, 0.3) is 5.91 Å². The third kappa shape index (κ3) is 4.61. The first kappa shape index (κ1) is 22.2. The highest BCUT2D eigenvalue weighted by Crippen LogP contribution is 2.42. The second-order valence-corrected chi connectivity index (χ2v) is 10.6. The summed E-state index contributed by atoms with van der Waals surface area (Å²) in [5.74, 6) is -0.769. The average molecular weight is 473 g/mol. The predicted octanol–water partition coefficient (Wildman–Crippen LogP) is 4.10. The number of nitrogens with zero attached hydrogens (tertiary/aromatic N) is 2. The molecule has 1 aliphatic heterocycles. The summed E-state index contributed by atoms with van der Waals surface area (Å²) in [6.45, 7) is 7.68. The SMILES string of the molecule is CC(=O)NNC(=O)c1sc2c(c1-c1nc3ccccc3s1)CCN(C(=O)OC(C)(C)C)C2. The molecule has 3 heterocycles. The van der Waals surface area contributed by atoms with Crippen LogP contribution in [-0.2, 0) is 22.5 Å². The zero-order valence-electron chi connectivity index (χ0n) is 18.3. The average Bonchev–Trinajstić information content (AvgIpc) is 3.31. The summed E-state index contributed by atoms with van der Waals surface area (Å²) in [6, 6.07) is 7.82. The summed E-state index contributed by atoms with van der Waals surface area (Å²) in [5, 5.41) is 0.752. The van der Waals surface area contributed by atoms with Crippen molar-refractivity contribution in [2.24, 2.45) is 0 Å². The number of carbonyl (C=O) groups is 3. The van der Waals surface area contributed by atoms with Crippen LogP contribution in [0.15, 0.2) is 24.3 Å². The zero-order chi connectivity index (χ0) is 23.0. The number of thiophene rings is 1. The van der Waals surface area contributed by atoms with Gasteiger partial charge in [0.15, 0.2) is 0 Å². The molecule has 1 aliphatic rings. The monoisotopic (exact) mass is 472 g/mol. The quantitative estimate of drug-likeness (QED) is 0.547. The molecule has 0 saturated heterocycles. The Bertz CT molecular complexity index is 1180. The summed E-state index contributed by atoms with van der Waals surface area (Å²) in [5.41, 5.74) is 6.89. The number of amides is 3. The first-order valence-electron chi connectivity index (χ1n) is 10.2. The number of para-hydroxylation sites is 1. The normalized spacial score (nSPS) is 13.6. The minimum atomic E-state index is -0.581. The van der Waals surface area contributed by atoms with E-state index in [1.165, 1.54) is 29.6 Å². The highest BCUT2D eigenvalue weighted by atomic mass is 32.1. The molecule has 1 aromatic carbocycles. The molecule has 0 fully saturated rings. The number of rotatable bonds is 2. The first-order chi connectivity index (χ1) is 15.1. The number of carbonyl (C=O) groups excluding carboxylic acids is 3. The number of aromatic nitrogens is 1. The summed E-state index contributed by atoms with van der Waals surface area (Å²) < 4.78 is 6.55. The van der Waals surface area contributed by atoms with E-state index in [4.69, 9.17) is 9.72 Å². The van der Waals surface area contributed by atoms with Crippen molar-refractivity contribution in [1.82, 2.24) is 20.7 Å². The smallest absolute Gasteiger partial charge is 0.410 e. The fourth-order valence-corrected chi connectivity index (χ4v) is 5.82. The van der Waals surface area contributed by atoms with E-state index in [0.29, 0.717) is 24.4 Å². The third-order valence-electron chi connectivity index (χ3n) is 4.77. The lowest BCUT2D eigenvalue weighted by Gasteiger charge is -2.30. The van der Waals surface area contributed by atoms with E-state index in [1.807, 2.05) is 45.0 Å². The molecule has 3 aromatic rings. The second-order valence-electron chi connectivity index (χ2n) is 8.48. The van der Waals surface area contributed by atoms with Crippen molar-refractivity contribution in [3.05, 3.63) is 39.6 Å². The number of nitrogens with one attached hydrogen (secondary N) is 2. The van der Waals surface area contributed by atoms with Crippen LogP contribution in [0.5, 0.6) is 0 Å². The number of hydrazine groups is 1. The Kier molecular flexibility index (Phi) is 5.91. The van der Waals surface area contributed by atoms with E-state index in [9.17, 15) is 14.4 Å². The molecular weight excluding hydrogens is 448 g/mol. The molecule has 32 heavy (non-hydrogen) atoms. The van der Waals surface area contributed by atoms with Crippen LogP contribution in [0, 0.1) is 0 Å². The minimum absolute atomic E-state index is 0.361. The van der Waals surface area contributed by atoms with Crippen molar-refractivity contribution in [3.63, 3.8) is 0 Å². The summed E-state index contributed by atoms with van der Waals surface area (Å²) in [4.78, 5) is 44.6. The molecule has 10 heteroatoms. The third-order valence-corrected chi connectivity index (χ3v) is 7.04. The second kappa shape index (κ2) is 8.51. The van der Waals surface area contributed by atoms with E-state index < -0.39 is 11.5 Å². The van der Waals surface area contributed by atoms with Gasteiger partial charge in [0.05, 0.1) is 16.8 Å². The highest BCUT2D eigenvalue weighted by Gasteiger charge is 2.32. The van der Waals surface area contributed by atoms with Crippen LogP contribution < -0.4 is 10.9 Å². The lowest BCUT2D eigenvalue weighted by Crippen LogP contribution is -2.40. The maximum atomic E-state index is 12.9. The summed E-state index contributed by atoms with van der Waals surface area (Å²) in [7, 11) is 0. The van der Waals surface area contributed by atoms with Crippen LogP contribution in [0.1, 0.15) is 47.8 Å². The van der Waals surface area contributed by atoms with Gasteiger partial charge in [0.1, 0.15) is 15.5 Å². The van der Waals surface area contributed by atoms with Gasteiger partial charge in [-0.15, -0.1) is 22.7 Å². The fraction of sp³-hybridized carbons (Fsp3) is 0.364. The Morgan fingerprint density at radius 3 is 2.56 bits per heavy atom. The molecule has 0 saturated carbocycles. The Morgan fingerprint density at radius 2 is 1.88 bits per heavy atom. The standard InChI is InChI=1S/C22H24N4O4S2/c1-12(27)24-25-19(28)18-17(20-23-14-7-5-6-8-15(14)32-20)13-9-10-26(11-16(13)31-18)21(29)30-22(2,3)4/h5-8H,9-11H2,1-4H3,(H,24,27)(H,25,28). The molecule has 2 aromatic heterocycles. The predicted molar refractivity (Wildman–Crippen MR) is 125 cm³/mol. The topological polar surface area (TPSA) is 101 Å². The molecule has 8 nitrogen and oxygen atoms in total. The molecule has 0 atom stereocenters. The van der Waals surface area contributed by atoms with Gasteiger partial charge in [-0.2, -0.15) is 0 Å². The largest absolute Gasteiger partial charge is 0.444 e. The Morgan fingerprint density at radius 1 is 1.12 bits per heavy atom. The lowest BCUT2D eigenvalue weighted by molar-refractivity contribution is -0.119. The van der Waals surface area contributed by atoms with Crippen molar-refractivity contribution in [1.29, 1.82) is 0 Å². The molecule has 0 radical (unpaired) electrons. The molecule has 0 unspecified atom stereocenters. The number of fused-ring (bicyclic) bond motifs is 2. The molecule has 0 spiro atoms. The van der Waals surface area contributed by atoms with Crippen LogP contribution in [-0.4, -0.2) is 39.9 Å². The Labute approximate surface area is 193 Å². The summed E-state index contributed by atoms with van der Waals surface area (Å²) >= 11 is 2.84. The van der Waals surface area contributed by atoms with E-state index in [0.717, 1.165) is 31.2 Å². The Balaban J connectivity index is 1.73. The van der Waals surface area contributed by atoms with Crippen LogP contribution in [0.3, 0.4) is 0 Å².